The number of phenols is 1. The van der Waals surface area contributed by atoms with Crippen LogP contribution in [0.4, 0.5) is 0 Å². The molecule has 4 heteroatoms. The number of benzene rings is 1. The SMILES string of the molecule is CC(Cl)C(=O)c1cc(Cl)cc(C(C)C)c1O. The maximum absolute atomic E-state index is 11.7. The summed E-state index contributed by atoms with van der Waals surface area (Å²) in [4.78, 5) is 11.7. The van der Waals surface area contributed by atoms with Crippen LogP contribution in [0.1, 0.15) is 42.6 Å². The minimum atomic E-state index is -0.677. The maximum atomic E-state index is 11.7. The van der Waals surface area contributed by atoms with Crippen molar-refractivity contribution in [3.63, 3.8) is 0 Å². The Morgan fingerprint density at radius 3 is 2.31 bits per heavy atom. The number of halogens is 2. The Morgan fingerprint density at radius 2 is 1.88 bits per heavy atom. The molecule has 2 nitrogen and oxygen atoms in total. The molecule has 16 heavy (non-hydrogen) atoms. The van der Waals surface area contributed by atoms with Crippen molar-refractivity contribution in [3.8, 4) is 5.75 Å². The quantitative estimate of drug-likeness (QED) is 0.660. The summed E-state index contributed by atoms with van der Waals surface area (Å²) < 4.78 is 0. The lowest BCUT2D eigenvalue weighted by Gasteiger charge is -2.13. The van der Waals surface area contributed by atoms with Crippen molar-refractivity contribution < 1.29 is 9.90 Å². The number of hydrogen-bond donors (Lipinski definition) is 1. The average Bonchev–Trinajstić information content (AvgIpc) is 2.19. The second-order valence-corrected chi connectivity index (χ2v) is 5.12. The van der Waals surface area contributed by atoms with Gasteiger partial charge in [-0.2, -0.15) is 0 Å². The molecule has 0 aliphatic carbocycles. The summed E-state index contributed by atoms with van der Waals surface area (Å²) in [5, 5.41) is 9.72. The van der Waals surface area contributed by atoms with Crippen LogP contribution in [-0.4, -0.2) is 16.3 Å². The van der Waals surface area contributed by atoms with Gasteiger partial charge >= 0.3 is 0 Å². The lowest BCUT2D eigenvalue weighted by atomic mass is 9.96. The lowest BCUT2D eigenvalue weighted by molar-refractivity contribution is 0.0989. The first-order valence-electron chi connectivity index (χ1n) is 5.05. The zero-order valence-corrected chi connectivity index (χ0v) is 10.9. The molecule has 88 valence electrons. The van der Waals surface area contributed by atoms with Gasteiger partial charge in [-0.05, 0) is 30.5 Å². The number of phenolic OH excluding ortho intramolecular Hbond substituents is 1. The number of ketones is 1. The van der Waals surface area contributed by atoms with Gasteiger partial charge in [0.2, 0.25) is 0 Å². The number of hydrogen-bond acceptors (Lipinski definition) is 2. The summed E-state index contributed by atoms with van der Waals surface area (Å²) in [6.07, 6.45) is 0. The molecular formula is C12H14Cl2O2. The van der Waals surface area contributed by atoms with Gasteiger partial charge in [-0.1, -0.05) is 25.4 Å². The van der Waals surface area contributed by atoms with E-state index in [1.54, 1.807) is 13.0 Å². The largest absolute Gasteiger partial charge is 0.507 e. The monoisotopic (exact) mass is 260 g/mol. The van der Waals surface area contributed by atoms with Gasteiger partial charge in [0.15, 0.2) is 5.78 Å². The predicted molar refractivity (Wildman–Crippen MR) is 66.9 cm³/mol. The van der Waals surface area contributed by atoms with E-state index in [-0.39, 0.29) is 23.0 Å². The fourth-order valence-electron chi connectivity index (χ4n) is 1.46. The minimum Gasteiger partial charge on any atom is -0.507 e. The molecule has 1 unspecified atom stereocenters. The molecule has 1 atom stereocenters. The van der Waals surface area contributed by atoms with Crippen LogP contribution >= 0.6 is 23.2 Å². The van der Waals surface area contributed by atoms with Gasteiger partial charge in [-0.15, -0.1) is 11.6 Å². The highest BCUT2D eigenvalue weighted by Gasteiger charge is 2.20. The van der Waals surface area contributed by atoms with Crippen molar-refractivity contribution in [3.05, 3.63) is 28.3 Å². The molecule has 0 aliphatic heterocycles. The highest BCUT2D eigenvalue weighted by Crippen LogP contribution is 2.33. The molecule has 1 rings (SSSR count). The van der Waals surface area contributed by atoms with E-state index in [2.05, 4.69) is 0 Å². The molecule has 0 heterocycles. The Bertz CT molecular complexity index is 412. The van der Waals surface area contributed by atoms with Gasteiger partial charge in [0.1, 0.15) is 5.75 Å². The van der Waals surface area contributed by atoms with Crippen molar-refractivity contribution in [2.75, 3.05) is 0 Å². The van der Waals surface area contributed by atoms with Crippen LogP contribution in [0, 0.1) is 0 Å². The van der Waals surface area contributed by atoms with E-state index in [4.69, 9.17) is 23.2 Å². The van der Waals surface area contributed by atoms with Crippen LogP contribution in [0.2, 0.25) is 5.02 Å². The van der Waals surface area contributed by atoms with Crippen LogP contribution in [-0.2, 0) is 0 Å². The Balaban J connectivity index is 3.35. The third-order valence-electron chi connectivity index (χ3n) is 2.35. The zero-order valence-electron chi connectivity index (χ0n) is 9.42. The molecule has 1 N–H and O–H groups in total. The molecule has 0 bridgehead atoms. The molecule has 0 aromatic heterocycles. The van der Waals surface area contributed by atoms with E-state index in [0.29, 0.717) is 10.6 Å². The molecule has 0 aliphatic rings. The Morgan fingerprint density at radius 1 is 1.31 bits per heavy atom. The molecule has 0 fully saturated rings. The predicted octanol–water partition coefficient (Wildman–Crippen LogP) is 3.98. The number of aromatic hydroxyl groups is 1. The molecule has 1 aromatic rings. The third kappa shape index (κ3) is 2.69. The Labute approximate surface area is 105 Å². The van der Waals surface area contributed by atoms with Crippen molar-refractivity contribution in [1.29, 1.82) is 0 Å². The number of alkyl halides is 1. The van der Waals surface area contributed by atoms with Crippen LogP contribution in [0.5, 0.6) is 5.75 Å². The number of carbonyl (C=O) groups excluding carboxylic acids is 1. The van der Waals surface area contributed by atoms with Crippen LogP contribution < -0.4 is 0 Å². The normalized spacial score (nSPS) is 12.9. The fourth-order valence-corrected chi connectivity index (χ4v) is 1.81. The summed E-state index contributed by atoms with van der Waals surface area (Å²) >= 11 is 11.6. The smallest absolute Gasteiger partial charge is 0.184 e. The van der Waals surface area contributed by atoms with Crippen LogP contribution in [0.15, 0.2) is 12.1 Å². The van der Waals surface area contributed by atoms with E-state index in [9.17, 15) is 9.90 Å². The first-order valence-corrected chi connectivity index (χ1v) is 5.86. The number of carbonyl (C=O) groups is 1. The highest BCUT2D eigenvalue weighted by molar-refractivity contribution is 6.35. The van der Waals surface area contributed by atoms with Crippen molar-refractivity contribution >= 4 is 29.0 Å². The third-order valence-corrected chi connectivity index (χ3v) is 2.77. The molecule has 0 spiro atoms. The Kier molecular flexibility index (Phi) is 4.22. The molecule has 0 radical (unpaired) electrons. The van der Waals surface area contributed by atoms with E-state index in [1.807, 2.05) is 13.8 Å². The van der Waals surface area contributed by atoms with Crippen molar-refractivity contribution in [2.45, 2.75) is 32.1 Å². The number of Topliss-reactive ketones (excluding diaryl/α,β-unsaturated/α-hetero) is 1. The number of rotatable bonds is 3. The summed E-state index contributed by atoms with van der Waals surface area (Å²) in [6.45, 7) is 5.41. The first-order chi connectivity index (χ1) is 7.34. The van der Waals surface area contributed by atoms with Crippen molar-refractivity contribution in [1.82, 2.24) is 0 Å². The second kappa shape index (κ2) is 5.07. The topological polar surface area (TPSA) is 37.3 Å². The lowest BCUT2D eigenvalue weighted by Crippen LogP contribution is -2.11. The second-order valence-electron chi connectivity index (χ2n) is 4.03. The molecule has 1 aromatic carbocycles. The van der Waals surface area contributed by atoms with E-state index in [0.717, 1.165) is 0 Å². The molecule has 0 amide bonds. The summed E-state index contributed by atoms with van der Waals surface area (Å²) in [7, 11) is 0. The summed E-state index contributed by atoms with van der Waals surface area (Å²) in [5.74, 6) is -0.239. The van der Waals surface area contributed by atoms with Gasteiger partial charge in [-0.25, -0.2) is 0 Å². The van der Waals surface area contributed by atoms with E-state index < -0.39 is 5.38 Å². The Hall–Kier alpha value is -0.730. The highest BCUT2D eigenvalue weighted by atomic mass is 35.5. The van der Waals surface area contributed by atoms with Crippen LogP contribution in [0.3, 0.4) is 0 Å². The standard InChI is InChI=1S/C12H14Cl2O2/c1-6(2)9-4-8(14)5-10(12(9)16)11(15)7(3)13/h4-7,16H,1-3H3. The maximum Gasteiger partial charge on any atom is 0.184 e. The van der Waals surface area contributed by atoms with E-state index >= 15 is 0 Å². The summed E-state index contributed by atoms with van der Waals surface area (Å²) in [5.41, 5.74) is 0.854. The van der Waals surface area contributed by atoms with Gasteiger partial charge in [0.05, 0.1) is 10.9 Å². The first kappa shape index (κ1) is 13.3. The molecule has 0 saturated heterocycles. The fraction of sp³-hybridized carbons (Fsp3) is 0.417. The minimum absolute atomic E-state index is 0.0168. The van der Waals surface area contributed by atoms with E-state index in [1.165, 1.54) is 6.07 Å². The zero-order chi connectivity index (χ0) is 12.5. The van der Waals surface area contributed by atoms with Gasteiger partial charge in [0, 0.05) is 5.02 Å². The van der Waals surface area contributed by atoms with Crippen LogP contribution in [0.25, 0.3) is 0 Å². The average molecular weight is 261 g/mol. The van der Waals surface area contributed by atoms with Gasteiger partial charge in [0.25, 0.3) is 0 Å². The summed E-state index contributed by atoms with van der Waals surface area (Å²) in [6, 6.07) is 3.11. The van der Waals surface area contributed by atoms with Gasteiger partial charge in [-0.3, -0.25) is 4.79 Å². The van der Waals surface area contributed by atoms with Crippen molar-refractivity contribution in [2.24, 2.45) is 0 Å². The molecular weight excluding hydrogens is 247 g/mol. The van der Waals surface area contributed by atoms with Gasteiger partial charge < -0.3 is 5.11 Å². The molecule has 0 saturated carbocycles.